The van der Waals surface area contributed by atoms with Crippen molar-refractivity contribution in [3.63, 3.8) is 0 Å². The maximum atomic E-state index is 13.4. The van der Waals surface area contributed by atoms with E-state index in [-0.39, 0.29) is 28.9 Å². The second kappa shape index (κ2) is 9.72. The molecule has 9 heteroatoms. The molecular formula is C25H23N4O4S+. The van der Waals surface area contributed by atoms with Gasteiger partial charge < -0.3 is 10.3 Å². The molecule has 0 unspecified atom stereocenters. The molecule has 0 spiro atoms. The molecule has 4 aromatic rings. The van der Waals surface area contributed by atoms with Gasteiger partial charge in [0.05, 0.1) is 17.1 Å². The molecule has 2 aromatic heterocycles. The summed E-state index contributed by atoms with van der Waals surface area (Å²) in [5.74, 6) is -0.558. The van der Waals surface area contributed by atoms with E-state index in [1.165, 1.54) is 34.8 Å². The molecule has 34 heavy (non-hydrogen) atoms. The van der Waals surface area contributed by atoms with Crippen molar-refractivity contribution in [2.24, 2.45) is 0 Å². The van der Waals surface area contributed by atoms with Gasteiger partial charge in [0.25, 0.3) is 15.9 Å². The van der Waals surface area contributed by atoms with Gasteiger partial charge in [0.2, 0.25) is 5.43 Å². The highest BCUT2D eigenvalue weighted by Gasteiger charge is 2.25. The van der Waals surface area contributed by atoms with E-state index in [2.05, 4.69) is 21.9 Å². The predicted molar refractivity (Wildman–Crippen MR) is 130 cm³/mol. The maximum absolute atomic E-state index is 13.4. The van der Waals surface area contributed by atoms with Crippen molar-refractivity contribution < 1.29 is 18.2 Å². The van der Waals surface area contributed by atoms with Crippen molar-refractivity contribution in [1.82, 2.24) is 10.3 Å². The van der Waals surface area contributed by atoms with E-state index in [4.69, 9.17) is 0 Å². The summed E-state index contributed by atoms with van der Waals surface area (Å²) in [6, 6.07) is 16.5. The van der Waals surface area contributed by atoms with Gasteiger partial charge in [-0.05, 0) is 36.4 Å². The molecule has 4 rings (SSSR count). The number of nitrogens with zero attached hydrogens (tertiary/aromatic N) is 1. The number of aromatic nitrogens is 2. The monoisotopic (exact) mass is 475 g/mol. The first-order valence-electron chi connectivity index (χ1n) is 10.5. The summed E-state index contributed by atoms with van der Waals surface area (Å²) < 4.78 is 28.1. The first-order valence-corrected chi connectivity index (χ1v) is 11.9. The average Bonchev–Trinajstić information content (AvgIpc) is 2.87. The van der Waals surface area contributed by atoms with Crippen LogP contribution >= 0.6 is 0 Å². The van der Waals surface area contributed by atoms with Gasteiger partial charge in [0, 0.05) is 35.3 Å². The lowest BCUT2D eigenvalue weighted by Gasteiger charge is -2.23. The number of para-hydroxylation sites is 1. The number of hydrogen-bond donors (Lipinski definition) is 2. The van der Waals surface area contributed by atoms with Crippen LogP contribution in [0.2, 0.25) is 0 Å². The van der Waals surface area contributed by atoms with Crippen LogP contribution in [-0.4, -0.2) is 25.9 Å². The van der Waals surface area contributed by atoms with Crippen LogP contribution in [0.3, 0.4) is 0 Å². The van der Waals surface area contributed by atoms with Gasteiger partial charge in [0.1, 0.15) is 5.56 Å². The van der Waals surface area contributed by atoms with E-state index >= 15 is 0 Å². The van der Waals surface area contributed by atoms with Gasteiger partial charge in [-0.25, -0.2) is 13.4 Å². The van der Waals surface area contributed by atoms with Gasteiger partial charge in [-0.2, -0.15) is 0 Å². The van der Waals surface area contributed by atoms with Crippen molar-refractivity contribution in [3.8, 4) is 0 Å². The lowest BCUT2D eigenvalue weighted by molar-refractivity contribution is -0.378. The number of aromatic amines is 2. The largest absolute Gasteiger partial charge is 0.360 e. The fraction of sp³-hybridized carbons (Fsp3) is 0.0800. The quantitative estimate of drug-likeness (QED) is 0.381. The van der Waals surface area contributed by atoms with Crippen LogP contribution in [0.25, 0.3) is 10.9 Å². The molecule has 0 atom stereocenters. The molecule has 0 radical (unpaired) electrons. The number of carbonyl (C=O) groups excluding carboxylic acids is 1. The minimum atomic E-state index is -4.00. The van der Waals surface area contributed by atoms with Gasteiger partial charge in [-0.3, -0.25) is 13.9 Å². The zero-order chi connectivity index (χ0) is 24.1. The van der Waals surface area contributed by atoms with Gasteiger partial charge in [-0.1, -0.05) is 24.3 Å². The van der Waals surface area contributed by atoms with Crippen molar-refractivity contribution in [2.75, 3.05) is 10.8 Å². The topological polar surface area (TPSA) is 113 Å². The van der Waals surface area contributed by atoms with Crippen LogP contribution < -0.4 is 20.0 Å². The molecule has 0 aliphatic rings. The molecule has 0 saturated carbocycles. The van der Waals surface area contributed by atoms with E-state index in [1.807, 2.05) is 6.07 Å². The zero-order valence-electron chi connectivity index (χ0n) is 18.2. The molecule has 0 aliphatic heterocycles. The molecule has 0 aliphatic carbocycles. The molecule has 2 heterocycles. The maximum Gasteiger partial charge on any atom is 0.264 e. The lowest BCUT2D eigenvalue weighted by atomic mass is 10.1. The zero-order valence-corrected chi connectivity index (χ0v) is 19.0. The Balaban J connectivity index is 1.70. The number of benzene rings is 2. The van der Waals surface area contributed by atoms with Crippen molar-refractivity contribution in [1.29, 1.82) is 0 Å². The second-order valence-electron chi connectivity index (χ2n) is 7.49. The van der Waals surface area contributed by atoms with Crippen LogP contribution in [0.15, 0.2) is 102 Å². The number of H-pyrrole nitrogens is 2. The molecule has 0 bridgehead atoms. The molecule has 172 valence electrons. The number of rotatable bonds is 8. The average molecular weight is 476 g/mol. The van der Waals surface area contributed by atoms with E-state index < -0.39 is 21.4 Å². The normalized spacial score (nSPS) is 11.2. The Bertz CT molecular complexity index is 1500. The molecule has 2 aromatic carbocycles. The number of pyridine rings is 2. The fourth-order valence-corrected chi connectivity index (χ4v) is 4.99. The SMILES string of the molecule is C=CCN(c1ccccc1)S(=O)(=O)c1ccc2[nH]cc(C(=O)NCc3ccc[nH+]c3)c(=O)c2c1. The van der Waals surface area contributed by atoms with E-state index in [0.717, 1.165) is 5.56 Å². The van der Waals surface area contributed by atoms with Crippen LogP contribution in [0.1, 0.15) is 15.9 Å². The first-order chi connectivity index (χ1) is 16.4. The summed E-state index contributed by atoms with van der Waals surface area (Å²) in [4.78, 5) is 31.6. The number of amides is 1. The Hall–Kier alpha value is -4.24. The summed E-state index contributed by atoms with van der Waals surface area (Å²) in [5, 5.41) is 2.81. The highest BCUT2D eigenvalue weighted by atomic mass is 32.2. The highest BCUT2D eigenvalue weighted by molar-refractivity contribution is 7.92. The van der Waals surface area contributed by atoms with E-state index in [0.29, 0.717) is 11.2 Å². The summed E-state index contributed by atoms with van der Waals surface area (Å²) >= 11 is 0. The van der Waals surface area contributed by atoms with Crippen molar-refractivity contribution in [2.45, 2.75) is 11.4 Å². The number of carbonyl (C=O) groups is 1. The number of sulfonamides is 1. The van der Waals surface area contributed by atoms with Gasteiger partial charge >= 0.3 is 0 Å². The van der Waals surface area contributed by atoms with Gasteiger partial charge in [-0.15, -0.1) is 6.58 Å². The predicted octanol–water partition coefficient (Wildman–Crippen LogP) is 2.65. The molecule has 0 fully saturated rings. The van der Waals surface area contributed by atoms with Crippen LogP contribution in [0.5, 0.6) is 0 Å². The minimum absolute atomic E-state index is 0.0557. The van der Waals surface area contributed by atoms with Crippen LogP contribution in [-0.2, 0) is 16.6 Å². The molecule has 1 amide bonds. The van der Waals surface area contributed by atoms with E-state index in [1.54, 1.807) is 48.8 Å². The summed E-state index contributed by atoms with van der Waals surface area (Å²) in [7, 11) is -4.00. The second-order valence-corrected chi connectivity index (χ2v) is 9.36. The molecule has 8 nitrogen and oxygen atoms in total. The third-order valence-corrected chi connectivity index (χ3v) is 7.04. The lowest BCUT2D eigenvalue weighted by Crippen LogP contribution is -2.31. The summed E-state index contributed by atoms with van der Waals surface area (Å²) in [6.45, 7) is 3.95. The molecular weight excluding hydrogens is 452 g/mol. The number of fused-ring (bicyclic) bond motifs is 1. The first kappa shape index (κ1) is 22.9. The van der Waals surface area contributed by atoms with Crippen molar-refractivity contribution >= 4 is 32.5 Å². The number of hydrogen-bond acceptors (Lipinski definition) is 4. The molecule has 0 saturated heterocycles. The highest BCUT2D eigenvalue weighted by Crippen LogP contribution is 2.25. The van der Waals surface area contributed by atoms with E-state index in [9.17, 15) is 18.0 Å². The Labute approximate surface area is 196 Å². The van der Waals surface area contributed by atoms with Crippen molar-refractivity contribution in [3.05, 3.63) is 113 Å². The Kier molecular flexibility index (Phi) is 6.55. The summed E-state index contributed by atoms with van der Waals surface area (Å²) in [6.07, 6.45) is 6.31. The third kappa shape index (κ3) is 4.60. The minimum Gasteiger partial charge on any atom is -0.360 e. The Morgan fingerprint density at radius 1 is 1.12 bits per heavy atom. The van der Waals surface area contributed by atoms with Gasteiger partial charge in [0.15, 0.2) is 12.4 Å². The van der Waals surface area contributed by atoms with Crippen LogP contribution in [0, 0.1) is 0 Å². The smallest absolute Gasteiger partial charge is 0.264 e. The Morgan fingerprint density at radius 2 is 1.91 bits per heavy atom. The standard InChI is InChI=1S/C25H22N4O4S/c1-2-13-29(19-8-4-3-5-9-19)34(32,33)20-10-11-23-21(14-20)24(30)22(17-27-23)25(31)28-16-18-7-6-12-26-15-18/h2-12,14-15,17H,1,13,16H2,(H,27,30)(H,28,31)/p+1. The summed E-state index contributed by atoms with van der Waals surface area (Å²) in [5.41, 5.74) is 1.08. The van der Waals surface area contributed by atoms with Crippen LogP contribution in [0.4, 0.5) is 5.69 Å². The molecule has 3 N–H and O–H groups in total. The third-order valence-electron chi connectivity index (χ3n) is 5.25. The number of anilines is 1. The number of nitrogens with one attached hydrogen (secondary N) is 3. The fourth-order valence-electron chi connectivity index (χ4n) is 3.53. The Morgan fingerprint density at radius 3 is 2.62 bits per heavy atom.